The van der Waals surface area contributed by atoms with E-state index in [1.54, 1.807) is 37.3 Å². The van der Waals surface area contributed by atoms with Crippen LogP contribution in [0.15, 0.2) is 51.8 Å². The van der Waals surface area contributed by atoms with E-state index in [0.29, 0.717) is 16.7 Å². The van der Waals surface area contributed by atoms with Gasteiger partial charge >= 0.3 is 5.91 Å². The number of fused-ring (bicyclic) bond motifs is 1. The summed E-state index contributed by atoms with van der Waals surface area (Å²) in [6.45, 7) is 1.77. The Bertz CT molecular complexity index is 1100. The second-order valence-electron chi connectivity index (χ2n) is 5.68. The molecule has 27 heavy (non-hydrogen) atoms. The third kappa shape index (κ3) is 3.60. The van der Waals surface area contributed by atoms with E-state index in [1.165, 1.54) is 26.4 Å². The number of para-hydroxylation sites is 1. The third-order valence-electron chi connectivity index (χ3n) is 3.86. The van der Waals surface area contributed by atoms with Gasteiger partial charge < -0.3 is 13.9 Å². The number of methoxy groups -OCH3 is 2. The normalized spacial score (nSPS) is 11.4. The van der Waals surface area contributed by atoms with Crippen molar-refractivity contribution >= 4 is 26.9 Å². The molecule has 0 radical (unpaired) electrons. The number of carbonyl (C=O) groups excluding carboxylic acids is 1. The monoisotopic (exact) mass is 390 g/mol. The van der Waals surface area contributed by atoms with Gasteiger partial charge in [-0.1, -0.05) is 18.2 Å². The van der Waals surface area contributed by atoms with E-state index in [1.807, 2.05) is 0 Å². The second-order valence-corrected chi connectivity index (χ2v) is 7.36. The van der Waals surface area contributed by atoms with Crippen LogP contribution in [0.4, 0.5) is 0 Å². The molecule has 142 valence electrons. The minimum atomic E-state index is -3.94. The number of benzene rings is 2. The molecule has 0 saturated heterocycles. The maximum absolute atomic E-state index is 12.5. The van der Waals surface area contributed by atoms with Gasteiger partial charge in [-0.15, -0.1) is 4.83 Å². The van der Waals surface area contributed by atoms with Crippen LogP contribution in [0.3, 0.4) is 0 Å². The third-order valence-corrected chi connectivity index (χ3v) is 5.11. The average molecular weight is 390 g/mol. The molecule has 3 rings (SSSR count). The number of nitrogens with one attached hydrogen (secondary N) is 2. The number of hydrogen-bond donors (Lipinski definition) is 2. The SMILES string of the molecule is COc1c(C(=O)NNS(=O)(=O)c2cccc(C)c2)oc2c(OC)cccc12. The Labute approximate surface area is 156 Å². The lowest BCUT2D eigenvalue weighted by Crippen LogP contribution is -2.41. The fraction of sp³-hybridized carbons (Fsp3) is 0.167. The Kier molecular flexibility index (Phi) is 5.06. The fourth-order valence-electron chi connectivity index (χ4n) is 2.60. The van der Waals surface area contributed by atoms with E-state index in [-0.39, 0.29) is 16.4 Å². The van der Waals surface area contributed by atoms with Crippen molar-refractivity contribution in [2.75, 3.05) is 14.2 Å². The van der Waals surface area contributed by atoms with Gasteiger partial charge in [0, 0.05) is 0 Å². The Balaban J connectivity index is 1.88. The van der Waals surface area contributed by atoms with Gasteiger partial charge in [0.15, 0.2) is 17.1 Å². The van der Waals surface area contributed by atoms with Crippen molar-refractivity contribution in [2.45, 2.75) is 11.8 Å². The highest BCUT2D eigenvalue weighted by Gasteiger charge is 2.25. The molecule has 0 fully saturated rings. The minimum Gasteiger partial charge on any atom is -0.493 e. The molecule has 0 bridgehead atoms. The smallest absolute Gasteiger partial charge is 0.305 e. The maximum atomic E-state index is 12.5. The summed E-state index contributed by atoms with van der Waals surface area (Å²) in [5.74, 6) is -0.383. The van der Waals surface area contributed by atoms with E-state index in [9.17, 15) is 13.2 Å². The lowest BCUT2D eigenvalue weighted by molar-refractivity contribution is 0.0915. The molecule has 0 atom stereocenters. The lowest BCUT2D eigenvalue weighted by Gasteiger charge is -2.08. The van der Waals surface area contributed by atoms with Gasteiger partial charge in [0.1, 0.15) is 0 Å². The van der Waals surface area contributed by atoms with Gasteiger partial charge in [-0.2, -0.15) is 0 Å². The first-order valence-corrected chi connectivity index (χ1v) is 9.38. The van der Waals surface area contributed by atoms with Crippen LogP contribution >= 0.6 is 0 Å². The highest BCUT2D eigenvalue weighted by atomic mass is 32.2. The molecule has 1 heterocycles. The summed E-state index contributed by atoms with van der Waals surface area (Å²) in [5.41, 5.74) is 3.23. The van der Waals surface area contributed by atoms with Crippen LogP contribution in [0.25, 0.3) is 11.0 Å². The maximum Gasteiger partial charge on any atom is 0.305 e. The highest BCUT2D eigenvalue weighted by molar-refractivity contribution is 7.89. The molecule has 1 amide bonds. The minimum absolute atomic E-state index is 0.0287. The van der Waals surface area contributed by atoms with Crippen molar-refractivity contribution in [3.8, 4) is 11.5 Å². The molecule has 2 N–H and O–H groups in total. The zero-order chi connectivity index (χ0) is 19.6. The number of hydrogen-bond acceptors (Lipinski definition) is 6. The Hall–Kier alpha value is -3.04. The zero-order valence-corrected chi connectivity index (χ0v) is 15.7. The van der Waals surface area contributed by atoms with Crippen LogP contribution in [0, 0.1) is 6.92 Å². The Morgan fingerprint density at radius 2 is 1.81 bits per heavy atom. The second kappa shape index (κ2) is 7.29. The van der Waals surface area contributed by atoms with E-state index in [4.69, 9.17) is 13.9 Å². The van der Waals surface area contributed by atoms with Crippen molar-refractivity contribution in [3.05, 3.63) is 53.8 Å². The first kappa shape index (κ1) is 18.7. The molecule has 9 heteroatoms. The molecule has 3 aromatic rings. The molecule has 2 aromatic carbocycles. The molecule has 0 saturated carbocycles. The van der Waals surface area contributed by atoms with Gasteiger partial charge in [0.05, 0.1) is 24.5 Å². The number of rotatable bonds is 6. The van der Waals surface area contributed by atoms with Gasteiger partial charge in [0.2, 0.25) is 5.76 Å². The van der Waals surface area contributed by atoms with Crippen molar-refractivity contribution in [1.82, 2.24) is 10.3 Å². The van der Waals surface area contributed by atoms with Gasteiger partial charge in [-0.05, 0) is 36.8 Å². The van der Waals surface area contributed by atoms with E-state index >= 15 is 0 Å². The topological polar surface area (TPSA) is 107 Å². The van der Waals surface area contributed by atoms with Crippen molar-refractivity contribution in [2.24, 2.45) is 0 Å². The Morgan fingerprint density at radius 1 is 1.07 bits per heavy atom. The van der Waals surface area contributed by atoms with Crippen molar-refractivity contribution in [3.63, 3.8) is 0 Å². The van der Waals surface area contributed by atoms with Crippen LogP contribution in [-0.2, 0) is 10.0 Å². The number of furan rings is 1. The summed E-state index contributed by atoms with van der Waals surface area (Å²) >= 11 is 0. The van der Waals surface area contributed by atoms with E-state index < -0.39 is 15.9 Å². The van der Waals surface area contributed by atoms with E-state index in [2.05, 4.69) is 10.3 Å². The molecule has 1 aromatic heterocycles. The van der Waals surface area contributed by atoms with Crippen LogP contribution in [-0.4, -0.2) is 28.5 Å². The number of carbonyl (C=O) groups is 1. The van der Waals surface area contributed by atoms with Gasteiger partial charge in [-0.3, -0.25) is 10.2 Å². The molecular formula is C18H18N2O6S. The first-order valence-electron chi connectivity index (χ1n) is 7.89. The quantitative estimate of drug-likeness (QED) is 0.626. The summed E-state index contributed by atoms with van der Waals surface area (Å²) in [7, 11) is -1.08. The van der Waals surface area contributed by atoms with Gasteiger partial charge in [-0.25, -0.2) is 8.42 Å². The number of ether oxygens (including phenoxy) is 2. The summed E-state index contributed by atoms with van der Waals surface area (Å²) in [4.78, 5) is 14.6. The molecule has 0 aliphatic rings. The standard InChI is InChI=1S/C18H18N2O6S/c1-11-6-4-7-12(10-11)27(22,23)20-19-18(21)17-16(25-3)13-8-5-9-14(24-2)15(13)26-17/h4-10,20H,1-3H3,(H,19,21). The van der Waals surface area contributed by atoms with Crippen LogP contribution in [0.1, 0.15) is 16.1 Å². The van der Waals surface area contributed by atoms with Crippen molar-refractivity contribution < 1.29 is 27.1 Å². The molecular weight excluding hydrogens is 372 g/mol. The summed E-state index contributed by atoms with van der Waals surface area (Å²) < 4.78 is 40.7. The summed E-state index contributed by atoms with van der Waals surface area (Å²) in [6, 6.07) is 11.4. The number of aryl methyl sites for hydroxylation is 1. The number of hydrazine groups is 1. The summed E-state index contributed by atoms with van der Waals surface area (Å²) in [5, 5.41) is 0.531. The molecule has 0 aliphatic carbocycles. The predicted octanol–water partition coefficient (Wildman–Crippen LogP) is 2.38. The molecule has 0 spiro atoms. The largest absolute Gasteiger partial charge is 0.493 e. The number of sulfonamides is 1. The Morgan fingerprint density at radius 3 is 2.48 bits per heavy atom. The van der Waals surface area contributed by atoms with Crippen molar-refractivity contribution in [1.29, 1.82) is 0 Å². The number of amides is 1. The van der Waals surface area contributed by atoms with E-state index in [0.717, 1.165) is 5.56 Å². The average Bonchev–Trinajstić information content (AvgIpc) is 3.05. The fourth-order valence-corrected chi connectivity index (χ4v) is 3.54. The first-order chi connectivity index (χ1) is 12.9. The van der Waals surface area contributed by atoms with Crippen LogP contribution in [0.2, 0.25) is 0 Å². The summed E-state index contributed by atoms with van der Waals surface area (Å²) in [6.07, 6.45) is 0. The zero-order valence-electron chi connectivity index (χ0n) is 14.9. The lowest BCUT2D eigenvalue weighted by atomic mass is 10.2. The molecule has 0 unspecified atom stereocenters. The van der Waals surface area contributed by atoms with Crippen LogP contribution < -0.4 is 19.7 Å². The highest BCUT2D eigenvalue weighted by Crippen LogP contribution is 2.37. The van der Waals surface area contributed by atoms with Gasteiger partial charge in [0.25, 0.3) is 10.0 Å². The molecule has 8 nitrogen and oxygen atoms in total. The predicted molar refractivity (Wildman–Crippen MR) is 98.3 cm³/mol. The van der Waals surface area contributed by atoms with Crippen LogP contribution in [0.5, 0.6) is 11.5 Å². The molecule has 0 aliphatic heterocycles.